The molecule has 2 unspecified atom stereocenters. The van der Waals surface area contributed by atoms with Gasteiger partial charge in [-0.2, -0.15) is 0 Å². The van der Waals surface area contributed by atoms with Crippen LogP contribution in [0.25, 0.3) is 10.9 Å². The molecule has 1 aromatic heterocycles. The molecule has 136 valence electrons. The van der Waals surface area contributed by atoms with Crippen LogP contribution in [-0.2, 0) is 9.59 Å². The van der Waals surface area contributed by atoms with Crippen LogP contribution >= 0.6 is 0 Å². The number of hydrogen-bond acceptors (Lipinski definition) is 3. The highest BCUT2D eigenvalue weighted by Crippen LogP contribution is 2.29. The Kier molecular flexibility index (Phi) is 4.59. The third-order valence-electron chi connectivity index (χ3n) is 5.17. The molecule has 2 heterocycles. The predicted molar refractivity (Wildman–Crippen MR) is 105 cm³/mol. The first-order chi connectivity index (χ1) is 13.1. The Bertz CT molecular complexity index is 982. The van der Waals surface area contributed by atoms with Crippen molar-refractivity contribution in [2.45, 2.75) is 19.4 Å². The van der Waals surface area contributed by atoms with E-state index in [9.17, 15) is 9.59 Å². The highest BCUT2D eigenvalue weighted by Gasteiger charge is 2.37. The number of anilines is 1. The topological polar surface area (TPSA) is 62.3 Å². The summed E-state index contributed by atoms with van der Waals surface area (Å²) < 4.78 is 0. The molecular formula is C22H21N3O2. The Morgan fingerprint density at radius 1 is 1.11 bits per heavy atom. The molecule has 5 heteroatoms. The van der Waals surface area contributed by atoms with Gasteiger partial charge in [0.05, 0.1) is 23.2 Å². The van der Waals surface area contributed by atoms with E-state index in [1.165, 1.54) is 0 Å². The summed E-state index contributed by atoms with van der Waals surface area (Å²) in [6.07, 6.45) is 1.95. The van der Waals surface area contributed by atoms with Crippen molar-refractivity contribution in [3.8, 4) is 0 Å². The molecule has 2 amide bonds. The number of carbonyl (C=O) groups is 2. The monoisotopic (exact) mass is 359 g/mol. The zero-order valence-corrected chi connectivity index (χ0v) is 15.1. The van der Waals surface area contributed by atoms with Crippen LogP contribution in [0.15, 0.2) is 66.9 Å². The molecule has 5 nitrogen and oxygen atoms in total. The summed E-state index contributed by atoms with van der Waals surface area (Å²) in [6.45, 7) is 2.43. The van der Waals surface area contributed by atoms with Crippen LogP contribution in [0.4, 0.5) is 5.69 Å². The van der Waals surface area contributed by atoms with Crippen LogP contribution in [0.2, 0.25) is 0 Å². The Morgan fingerprint density at radius 2 is 1.89 bits per heavy atom. The zero-order valence-electron chi connectivity index (χ0n) is 15.1. The molecule has 2 atom stereocenters. The van der Waals surface area contributed by atoms with Gasteiger partial charge < -0.3 is 10.2 Å². The Balaban J connectivity index is 1.49. The minimum atomic E-state index is -0.359. The average Bonchev–Trinajstić information content (AvgIpc) is 3.10. The fraction of sp³-hybridized carbons (Fsp3) is 0.227. The SMILES string of the molecule is CC(c1ccccc1)N1CC(C(=O)Nc2cccc3cccnc23)CC1=O. The molecule has 1 aliphatic heterocycles. The number of carbonyl (C=O) groups excluding carboxylic acids is 2. The molecule has 1 aliphatic rings. The van der Waals surface area contributed by atoms with Gasteiger partial charge in [0.1, 0.15) is 0 Å². The van der Waals surface area contributed by atoms with E-state index < -0.39 is 0 Å². The summed E-state index contributed by atoms with van der Waals surface area (Å²) in [7, 11) is 0. The lowest BCUT2D eigenvalue weighted by atomic mass is 10.1. The maximum Gasteiger partial charge on any atom is 0.229 e. The van der Waals surface area contributed by atoms with Crippen molar-refractivity contribution >= 4 is 28.4 Å². The van der Waals surface area contributed by atoms with Gasteiger partial charge in [0.15, 0.2) is 0 Å². The molecule has 0 saturated carbocycles. The van der Waals surface area contributed by atoms with Crippen molar-refractivity contribution in [1.29, 1.82) is 0 Å². The number of aromatic nitrogens is 1. The standard InChI is InChI=1S/C22H21N3O2/c1-15(16-7-3-2-4-8-16)25-14-18(13-20(25)26)22(27)24-19-11-5-9-17-10-6-12-23-21(17)19/h2-12,15,18H,13-14H2,1H3,(H,24,27). The number of nitrogens with zero attached hydrogens (tertiary/aromatic N) is 2. The molecule has 1 saturated heterocycles. The van der Waals surface area contributed by atoms with Gasteiger partial charge in [0, 0.05) is 24.5 Å². The molecule has 3 aromatic rings. The number of para-hydroxylation sites is 1. The number of hydrogen-bond donors (Lipinski definition) is 1. The number of rotatable bonds is 4. The molecule has 0 radical (unpaired) electrons. The third kappa shape index (κ3) is 3.40. The van der Waals surface area contributed by atoms with Gasteiger partial charge in [-0.3, -0.25) is 14.6 Å². The molecule has 1 fully saturated rings. The number of nitrogens with one attached hydrogen (secondary N) is 1. The van der Waals surface area contributed by atoms with E-state index >= 15 is 0 Å². The average molecular weight is 359 g/mol. The van der Waals surface area contributed by atoms with E-state index in [0.717, 1.165) is 16.5 Å². The van der Waals surface area contributed by atoms with Crippen LogP contribution in [0, 0.1) is 5.92 Å². The number of fused-ring (bicyclic) bond motifs is 1. The first-order valence-electron chi connectivity index (χ1n) is 9.12. The van der Waals surface area contributed by atoms with E-state index in [0.29, 0.717) is 12.2 Å². The highest BCUT2D eigenvalue weighted by molar-refractivity contribution is 6.03. The summed E-state index contributed by atoms with van der Waals surface area (Å²) in [5, 5.41) is 3.94. The van der Waals surface area contributed by atoms with E-state index in [1.807, 2.05) is 67.6 Å². The van der Waals surface area contributed by atoms with Crippen molar-refractivity contribution < 1.29 is 9.59 Å². The zero-order chi connectivity index (χ0) is 18.8. The Morgan fingerprint density at radius 3 is 2.70 bits per heavy atom. The minimum absolute atomic E-state index is 0.0162. The quantitative estimate of drug-likeness (QED) is 0.771. The molecule has 27 heavy (non-hydrogen) atoms. The van der Waals surface area contributed by atoms with Crippen LogP contribution < -0.4 is 5.32 Å². The fourth-order valence-electron chi connectivity index (χ4n) is 3.63. The number of likely N-dealkylation sites (tertiary alicyclic amines) is 1. The van der Waals surface area contributed by atoms with Crippen molar-refractivity contribution in [2.24, 2.45) is 5.92 Å². The summed E-state index contributed by atoms with van der Waals surface area (Å²) in [4.78, 5) is 31.5. The van der Waals surface area contributed by atoms with Crippen LogP contribution in [-0.4, -0.2) is 28.2 Å². The van der Waals surface area contributed by atoms with Crippen molar-refractivity contribution in [1.82, 2.24) is 9.88 Å². The molecule has 2 aromatic carbocycles. The Hall–Kier alpha value is -3.21. The number of benzene rings is 2. The maximum atomic E-state index is 12.8. The predicted octanol–water partition coefficient (Wildman–Crippen LogP) is 3.78. The Labute approximate surface area is 158 Å². The third-order valence-corrected chi connectivity index (χ3v) is 5.17. The van der Waals surface area contributed by atoms with Crippen molar-refractivity contribution in [3.05, 3.63) is 72.4 Å². The first-order valence-corrected chi connectivity index (χ1v) is 9.12. The minimum Gasteiger partial charge on any atom is -0.335 e. The van der Waals surface area contributed by atoms with Crippen LogP contribution in [0.5, 0.6) is 0 Å². The summed E-state index contributed by atoms with van der Waals surface area (Å²) in [6, 6.07) is 19.4. The van der Waals surface area contributed by atoms with E-state index in [2.05, 4.69) is 10.3 Å². The summed E-state index contributed by atoms with van der Waals surface area (Å²) in [5.41, 5.74) is 2.51. The normalized spacial score (nSPS) is 17.9. The molecule has 4 rings (SSSR count). The second kappa shape index (κ2) is 7.19. The van der Waals surface area contributed by atoms with Crippen LogP contribution in [0.3, 0.4) is 0 Å². The van der Waals surface area contributed by atoms with Gasteiger partial charge in [0.25, 0.3) is 0 Å². The maximum absolute atomic E-state index is 12.8. The first kappa shape index (κ1) is 17.2. The van der Waals surface area contributed by atoms with E-state index in [1.54, 1.807) is 11.1 Å². The van der Waals surface area contributed by atoms with Gasteiger partial charge in [-0.1, -0.05) is 48.5 Å². The lowest BCUT2D eigenvalue weighted by Crippen LogP contribution is -2.30. The number of pyridine rings is 1. The molecule has 0 spiro atoms. The highest BCUT2D eigenvalue weighted by atomic mass is 16.2. The van der Waals surface area contributed by atoms with E-state index in [-0.39, 0.29) is 30.2 Å². The molecule has 1 N–H and O–H groups in total. The van der Waals surface area contributed by atoms with Crippen LogP contribution in [0.1, 0.15) is 24.9 Å². The summed E-state index contributed by atoms with van der Waals surface area (Å²) in [5.74, 6) is -0.477. The molecular weight excluding hydrogens is 338 g/mol. The van der Waals surface area contributed by atoms with Gasteiger partial charge in [0.2, 0.25) is 11.8 Å². The second-order valence-electron chi connectivity index (χ2n) is 6.90. The summed E-state index contributed by atoms with van der Waals surface area (Å²) >= 11 is 0. The van der Waals surface area contributed by atoms with Gasteiger partial charge in [-0.15, -0.1) is 0 Å². The largest absolute Gasteiger partial charge is 0.335 e. The number of amides is 2. The fourth-order valence-corrected chi connectivity index (χ4v) is 3.63. The lowest BCUT2D eigenvalue weighted by molar-refractivity contribution is -0.129. The smallest absolute Gasteiger partial charge is 0.229 e. The molecule has 0 bridgehead atoms. The van der Waals surface area contributed by atoms with Gasteiger partial charge in [-0.25, -0.2) is 0 Å². The van der Waals surface area contributed by atoms with Crippen molar-refractivity contribution in [3.63, 3.8) is 0 Å². The molecule has 0 aliphatic carbocycles. The van der Waals surface area contributed by atoms with E-state index in [4.69, 9.17) is 0 Å². The lowest BCUT2D eigenvalue weighted by Gasteiger charge is -2.25. The van der Waals surface area contributed by atoms with Gasteiger partial charge >= 0.3 is 0 Å². The second-order valence-corrected chi connectivity index (χ2v) is 6.90. The van der Waals surface area contributed by atoms with Gasteiger partial charge in [-0.05, 0) is 24.6 Å². The van der Waals surface area contributed by atoms with Crippen molar-refractivity contribution in [2.75, 3.05) is 11.9 Å².